The van der Waals surface area contributed by atoms with Gasteiger partial charge < -0.3 is 10.4 Å². The van der Waals surface area contributed by atoms with Gasteiger partial charge in [0.25, 0.3) is 0 Å². The van der Waals surface area contributed by atoms with E-state index in [1.54, 1.807) is 0 Å². The van der Waals surface area contributed by atoms with Crippen LogP contribution in [-0.2, 0) is 4.79 Å². The lowest BCUT2D eigenvalue weighted by Crippen LogP contribution is -2.43. The van der Waals surface area contributed by atoms with Gasteiger partial charge in [-0.3, -0.25) is 0 Å². The van der Waals surface area contributed by atoms with Gasteiger partial charge >= 0.3 is 5.97 Å². The Hall–Kier alpha value is -0.670. The summed E-state index contributed by atoms with van der Waals surface area (Å²) in [5, 5.41) is 11.3. The summed E-state index contributed by atoms with van der Waals surface area (Å²) >= 11 is 11.1. The Morgan fingerprint density at radius 3 is 2.73 bits per heavy atom. The highest BCUT2D eigenvalue weighted by molar-refractivity contribution is 6.38. The van der Waals surface area contributed by atoms with Crippen LogP contribution >= 0.6 is 23.2 Å². The van der Waals surface area contributed by atoms with Crippen LogP contribution < -0.4 is 5.32 Å². The molecule has 0 saturated heterocycles. The van der Waals surface area contributed by atoms with E-state index in [0.29, 0.717) is 5.03 Å². The number of halogens is 2. The van der Waals surface area contributed by atoms with Crippen LogP contribution in [-0.4, -0.2) is 16.1 Å². The van der Waals surface area contributed by atoms with Crippen LogP contribution in [0.1, 0.15) is 0 Å². The number of hydrogen-bond acceptors (Lipinski definition) is 2. The number of dihydropyridines is 1. The van der Waals surface area contributed by atoms with E-state index in [-0.39, 0.29) is 0 Å². The fraction of sp³-hybridized carbons (Fsp3) is 0.167. The van der Waals surface area contributed by atoms with Crippen molar-refractivity contribution in [2.24, 2.45) is 0 Å². The smallest absolute Gasteiger partial charge is 0.349 e. The molecule has 1 heterocycles. The molecule has 1 rings (SSSR count). The Balaban J connectivity index is 2.92. The number of alkyl halides is 1. The van der Waals surface area contributed by atoms with E-state index in [1.165, 1.54) is 18.4 Å². The summed E-state index contributed by atoms with van der Waals surface area (Å²) in [5.74, 6) is -1.18. The molecule has 0 aromatic heterocycles. The first-order chi connectivity index (χ1) is 5.04. The summed E-state index contributed by atoms with van der Waals surface area (Å²) in [6.45, 7) is 0. The summed E-state index contributed by atoms with van der Waals surface area (Å²) in [5.41, 5.74) is 0. The van der Waals surface area contributed by atoms with E-state index in [2.05, 4.69) is 5.32 Å². The molecule has 0 fully saturated rings. The molecule has 0 aliphatic carbocycles. The molecule has 3 nitrogen and oxygen atoms in total. The topological polar surface area (TPSA) is 49.3 Å². The van der Waals surface area contributed by atoms with Crippen LogP contribution in [0, 0.1) is 0 Å². The first-order valence-corrected chi connectivity index (χ1v) is 3.55. The van der Waals surface area contributed by atoms with Gasteiger partial charge in [0, 0.05) is 11.2 Å². The summed E-state index contributed by atoms with van der Waals surface area (Å²) in [6.07, 6.45) is 4.13. The number of carbonyl (C=O) groups is 1. The predicted molar refractivity (Wildman–Crippen MR) is 42.4 cm³/mol. The summed E-state index contributed by atoms with van der Waals surface area (Å²) in [4.78, 5) is 8.90. The van der Waals surface area contributed by atoms with Gasteiger partial charge in [-0.05, 0) is 12.2 Å². The van der Waals surface area contributed by atoms with Crippen LogP contribution in [0.15, 0.2) is 23.4 Å². The third-order valence-corrected chi connectivity index (χ3v) is 1.80. The number of allylic oxidation sites excluding steroid dienone is 2. The molecular weight excluding hydrogens is 189 g/mol. The van der Waals surface area contributed by atoms with Crippen molar-refractivity contribution in [3.63, 3.8) is 0 Å². The minimum absolute atomic E-state index is 0.307. The molecule has 1 aliphatic rings. The van der Waals surface area contributed by atoms with Crippen molar-refractivity contribution < 1.29 is 9.90 Å². The van der Waals surface area contributed by atoms with Crippen LogP contribution in [0.25, 0.3) is 0 Å². The Kier molecular flexibility index (Phi) is 2.11. The number of nitrogens with one attached hydrogen (secondary N) is 1. The second-order valence-electron chi connectivity index (χ2n) is 2.02. The Bertz CT molecular complexity index is 249. The van der Waals surface area contributed by atoms with Crippen molar-refractivity contribution in [3.8, 4) is 0 Å². The second-order valence-corrected chi connectivity index (χ2v) is 3.06. The first kappa shape index (κ1) is 8.43. The Morgan fingerprint density at radius 2 is 2.36 bits per heavy atom. The number of carboxylic acid groups (broad SMARTS) is 1. The van der Waals surface area contributed by atoms with E-state index in [1.807, 2.05) is 0 Å². The van der Waals surface area contributed by atoms with E-state index in [4.69, 9.17) is 28.3 Å². The minimum Gasteiger partial charge on any atom is -0.478 e. The third-order valence-electron chi connectivity index (χ3n) is 1.18. The molecule has 60 valence electrons. The molecule has 1 atom stereocenters. The van der Waals surface area contributed by atoms with Crippen molar-refractivity contribution >= 4 is 29.2 Å². The molecule has 2 N–H and O–H groups in total. The zero-order chi connectivity index (χ0) is 8.48. The molecule has 0 bridgehead atoms. The lowest BCUT2D eigenvalue weighted by Gasteiger charge is -2.21. The maximum absolute atomic E-state index is 10.5. The zero-order valence-corrected chi connectivity index (χ0v) is 6.86. The molecule has 5 heteroatoms. The van der Waals surface area contributed by atoms with Gasteiger partial charge in [0.2, 0.25) is 5.00 Å². The van der Waals surface area contributed by atoms with Crippen molar-refractivity contribution in [1.29, 1.82) is 0 Å². The first-order valence-electron chi connectivity index (χ1n) is 2.79. The second kappa shape index (κ2) is 2.75. The third kappa shape index (κ3) is 1.67. The highest BCUT2D eigenvalue weighted by Gasteiger charge is 2.34. The molecule has 0 saturated carbocycles. The molecule has 0 radical (unpaired) electrons. The highest BCUT2D eigenvalue weighted by Crippen LogP contribution is 2.21. The van der Waals surface area contributed by atoms with E-state index < -0.39 is 11.0 Å². The predicted octanol–water partition coefficient (Wildman–Crippen LogP) is 1.25. The van der Waals surface area contributed by atoms with Crippen molar-refractivity contribution in [2.75, 3.05) is 0 Å². The van der Waals surface area contributed by atoms with E-state index in [0.717, 1.165) is 0 Å². The number of carboxylic acids is 1. The summed E-state index contributed by atoms with van der Waals surface area (Å²) < 4.78 is 0. The lowest BCUT2D eigenvalue weighted by molar-refractivity contribution is -0.139. The van der Waals surface area contributed by atoms with Crippen molar-refractivity contribution in [2.45, 2.75) is 5.00 Å². The number of rotatable bonds is 1. The summed E-state index contributed by atoms with van der Waals surface area (Å²) in [7, 11) is 0. The maximum atomic E-state index is 10.5. The number of aliphatic carboxylic acids is 1. The zero-order valence-electron chi connectivity index (χ0n) is 5.34. The van der Waals surface area contributed by atoms with Crippen LogP contribution in [0.4, 0.5) is 0 Å². The molecular formula is C6H5Cl2NO2. The Morgan fingerprint density at radius 1 is 1.73 bits per heavy atom. The largest absolute Gasteiger partial charge is 0.478 e. The maximum Gasteiger partial charge on any atom is 0.349 e. The molecule has 0 aromatic carbocycles. The molecule has 11 heavy (non-hydrogen) atoms. The fourth-order valence-corrected chi connectivity index (χ4v) is 1.11. The van der Waals surface area contributed by atoms with E-state index in [9.17, 15) is 4.79 Å². The average molecular weight is 194 g/mol. The van der Waals surface area contributed by atoms with Gasteiger partial charge in [-0.2, -0.15) is 0 Å². The molecule has 0 aromatic rings. The monoisotopic (exact) mass is 193 g/mol. The fourth-order valence-electron chi connectivity index (χ4n) is 0.646. The lowest BCUT2D eigenvalue weighted by atomic mass is 10.2. The van der Waals surface area contributed by atoms with Crippen LogP contribution in [0.2, 0.25) is 0 Å². The number of hydrogen-bond donors (Lipinski definition) is 2. The minimum atomic E-state index is -1.59. The van der Waals surface area contributed by atoms with Crippen LogP contribution in [0.5, 0.6) is 0 Å². The highest BCUT2D eigenvalue weighted by atomic mass is 35.5. The van der Waals surface area contributed by atoms with Gasteiger partial charge in [0.15, 0.2) is 0 Å². The van der Waals surface area contributed by atoms with Gasteiger partial charge in [0.05, 0.1) is 0 Å². The molecule has 0 amide bonds. The van der Waals surface area contributed by atoms with Crippen LogP contribution in [0.3, 0.4) is 0 Å². The Labute approximate surface area is 73.3 Å². The van der Waals surface area contributed by atoms with Crippen molar-refractivity contribution in [1.82, 2.24) is 5.32 Å². The van der Waals surface area contributed by atoms with Gasteiger partial charge in [-0.15, -0.1) is 0 Å². The molecule has 0 spiro atoms. The van der Waals surface area contributed by atoms with Gasteiger partial charge in [0.1, 0.15) is 0 Å². The van der Waals surface area contributed by atoms with Crippen molar-refractivity contribution in [3.05, 3.63) is 23.4 Å². The SMILES string of the molecule is O=C(O)C1(Cl)C=C(Cl)C=CN1. The molecule has 1 unspecified atom stereocenters. The standard InChI is InChI=1S/C6H5Cl2NO2/c7-4-1-2-9-6(8,3-4)5(10)11/h1-3,9H,(H,10,11). The van der Waals surface area contributed by atoms with E-state index >= 15 is 0 Å². The summed E-state index contributed by atoms with van der Waals surface area (Å²) in [6, 6.07) is 0. The normalized spacial score (nSPS) is 29.1. The van der Waals surface area contributed by atoms with Gasteiger partial charge in [-0.1, -0.05) is 23.2 Å². The quantitative estimate of drug-likeness (QED) is 0.487. The molecule has 1 aliphatic heterocycles. The van der Waals surface area contributed by atoms with Gasteiger partial charge in [-0.25, -0.2) is 4.79 Å². The average Bonchev–Trinajstić information content (AvgIpc) is 1.86.